The maximum absolute atomic E-state index is 4.47. The molecule has 0 aliphatic heterocycles. The SMILES string of the molecule is CC(C)Cc1ccc(-c2ccncc2)cn1. The lowest BCUT2D eigenvalue weighted by Crippen LogP contribution is -1.96. The van der Waals surface area contributed by atoms with Crippen LogP contribution in [0.5, 0.6) is 0 Å². The maximum Gasteiger partial charge on any atom is 0.0406 e. The average Bonchev–Trinajstić information content (AvgIpc) is 2.30. The number of hydrogen-bond acceptors (Lipinski definition) is 2. The van der Waals surface area contributed by atoms with Crippen molar-refractivity contribution < 1.29 is 0 Å². The van der Waals surface area contributed by atoms with Crippen molar-refractivity contribution in [1.29, 1.82) is 0 Å². The van der Waals surface area contributed by atoms with E-state index in [9.17, 15) is 0 Å². The molecule has 0 unspecified atom stereocenters. The van der Waals surface area contributed by atoms with Crippen LogP contribution in [0, 0.1) is 5.92 Å². The standard InChI is InChI=1S/C14H16N2/c1-11(2)9-14-4-3-13(10-16-14)12-5-7-15-8-6-12/h3-8,10-11H,9H2,1-2H3. The van der Waals surface area contributed by atoms with E-state index in [1.165, 1.54) is 5.56 Å². The maximum atomic E-state index is 4.47. The summed E-state index contributed by atoms with van der Waals surface area (Å²) in [5, 5.41) is 0. The van der Waals surface area contributed by atoms with E-state index in [1.54, 1.807) is 12.4 Å². The number of rotatable bonds is 3. The largest absolute Gasteiger partial charge is 0.265 e. The van der Waals surface area contributed by atoms with E-state index in [4.69, 9.17) is 0 Å². The lowest BCUT2D eigenvalue weighted by molar-refractivity contribution is 0.635. The molecule has 0 N–H and O–H groups in total. The average molecular weight is 212 g/mol. The number of hydrogen-bond donors (Lipinski definition) is 0. The zero-order valence-corrected chi connectivity index (χ0v) is 9.72. The zero-order chi connectivity index (χ0) is 11.4. The fraction of sp³-hybridized carbons (Fsp3) is 0.286. The van der Waals surface area contributed by atoms with Crippen LogP contribution in [0.1, 0.15) is 19.5 Å². The lowest BCUT2D eigenvalue weighted by atomic mass is 10.1. The first kappa shape index (κ1) is 10.8. The molecule has 16 heavy (non-hydrogen) atoms. The summed E-state index contributed by atoms with van der Waals surface area (Å²) in [7, 11) is 0. The highest BCUT2D eigenvalue weighted by Gasteiger charge is 2.00. The Balaban J connectivity index is 2.20. The Bertz CT molecular complexity index is 432. The van der Waals surface area contributed by atoms with Crippen molar-refractivity contribution in [3.05, 3.63) is 48.5 Å². The van der Waals surface area contributed by atoms with Crippen LogP contribution < -0.4 is 0 Å². The minimum absolute atomic E-state index is 0.652. The van der Waals surface area contributed by atoms with E-state index in [2.05, 4.69) is 35.9 Å². The summed E-state index contributed by atoms with van der Waals surface area (Å²) in [6.07, 6.45) is 6.58. The van der Waals surface area contributed by atoms with Crippen LogP contribution in [0.2, 0.25) is 0 Å². The van der Waals surface area contributed by atoms with Crippen molar-refractivity contribution in [2.75, 3.05) is 0 Å². The molecule has 0 spiro atoms. The van der Waals surface area contributed by atoms with E-state index in [0.717, 1.165) is 17.7 Å². The van der Waals surface area contributed by atoms with Crippen molar-refractivity contribution in [3.63, 3.8) is 0 Å². The highest BCUT2D eigenvalue weighted by molar-refractivity contribution is 5.61. The van der Waals surface area contributed by atoms with Gasteiger partial charge in [0, 0.05) is 29.8 Å². The first-order valence-corrected chi connectivity index (χ1v) is 5.61. The molecule has 0 bridgehead atoms. The molecule has 0 saturated carbocycles. The second-order valence-corrected chi connectivity index (χ2v) is 4.37. The summed E-state index contributed by atoms with van der Waals surface area (Å²) in [6.45, 7) is 4.41. The molecule has 0 amide bonds. The van der Waals surface area contributed by atoms with Gasteiger partial charge in [-0.3, -0.25) is 9.97 Å². The van der Waals surface area contributed by atoms with E-state index >= 15 is 0 Å². The summed E-state index contributed by atoms with van der Waals surface area (Å²) in [5.41, 5.74) is 3.47. The van der Waals surface area contributed by atoms with Gasteiger partial charge in [0.1, 0.15) is 0 Å². The Kier molecular flexibility index (Phi) is 3.30. The monoisotopic (exact) mass is 212 g/mol. The van der Waals surface area contributed by atoms with Gasteiger partial charge in [0.2, 0.25) is 0 Å². The van der Waals surface area contributed by atoms with Gasteiger partial charge in [-0.15, -0.1) is 0 Å². The molecule has 82 valence electrons. The van der Waals surface area contributed by atoms with Crippen LogP contribution in [0.25, 0.3) is 11.1 Å². The second-order valence-electron chi connectivity index (χ2n) is 4.37. The molecule has 2 nitrogen and oxygen atoms in total. The Morgan fingerprint density at radius 1 is 1.00 bits per heavy atom. The number of aromatic nitrogens is 2. The molecule has 0 aromatic carbocycles. The predicted octanol–water partition coefficient (Wildman–Crippen LogP) is 3.34. The molecule has 2 aromatic rings. The van der Waals surface area contributed by atoms with Crippen LogP contribution in [-0.2, 0) is 6.42 Å². The number of pyridine rings is 2. The summed E-state index contributed by atoms with van der Waals surface area (Å²) < 4.78 is 0. The Labute approximate surface area is 96.4 Å². The van der Waals surface area contributed by atoms with Crippen molar-refractivity contribution in [3.8, 4) is 11.1 Å². The quantitative estimate of drug-likeness (QED) is 0.779. The number of nitrogens with zero attached hydrogens (tertiary/aromatic N) is 2. The minimum Gasteiger partial charge on any atom is -0.265 e. The van der Waals surface area contributed by atoms with E-state index in [1.807, 2.05) is 18.3 Å². The highest BCUT2D eigenvalue weighted by atomic mass is 14.7. The Morgan fingerprint density at radius 3 is 2.31 bits per heavy atom. The fourth-order valence-corrected chi connectivity index (χ4v) is 1.68. The van der Waals surface area contributed by atoms with Crippen LogP contribution in [0.3, 0.4) is 0 Å². The normalized spacial score (nSPS) is 10.7. The first-order chi connectivity index (χ1) is 7.75. The molecule has 2 heteroatoms. The third-order valence-electron chi connectivity index (χ3n) is 2.46. The zero-order valence-electron chi connectivity index (χ0n) is 9.72. The van der Waals surface area contributed by atoms with Crippen molar-refractivity contribution in [1.82, 2.24) is 9.97 Å². The van der Waals surface area contributed by atoms with Crippen LogP contribution in [-0.4, -0.2) is 9.97 Å². The minimum atomic E-state index is 0.652. The van der Waals surface area contributed by atoms with Gasteiger partial charge in [0.25, 0.3) is 0 Å². The van der Waals surface area contributed by atoms with Gasteiger partial charge < -0.3 is 0 Å². The molecular weight excluding hydrogens is 196 g/mol. The third-order valence-corrected chi connectivity index (χ3v) is 2.46. The Morgan fingerprint density at radius 2 is 1.75 bits per heavy atom. The molecule has 0 atom stereocenters. The molecular formula is C14H16N2. The van der Waals surface area contributed by atoms with Gasteiger partial charge in [-0.2, -0.15) is 0 Å². The third kappa shape index (κ3) is 2.66. The summed E-state index contributed by atoms with van der Waals surface area (Å²) >= 11 is 0. The molecule has 2 aromatic heterocycles. The summed E-state index contributed by atoms with van der Waals surface area (Å²) in [4.78, 5) is 8.48. The van der Waals surface area contributed by atoms with E-state index in [0.29, 0.717) is 5.92 Å². The van der Waals surface area contributed by atoms with Crippen LogP contribution in [0.15, 0.2) is 42.9 Å². The fourth-order valence-electron chi connectivity index (χ4n) is 1.68. The van der Waals surface area contributed by atoms with Gasteiger partial charge in [-0.25, -0.2) is 0 Å². The second kappa shape index (κ2) is 4.88. The predicted molar refractivity (Wildman–Crippen MR) is 66.0 cm³/mol. The van der Waals surface area contributed by atoms with Gasteiger partial charge in [-0.05, 0) is 36.1 Å². The van der Waals surface area contributed by atoms with Crippen LogP contribution >= 0.6 is 0 Å². The molecule has 2 rings (SSSR count). The van der Waals surface area contributed by atoms with Crippen LogP contribution in [0.4, 0.5) is 0 Å². The summed E-state index contributed by atoms with van der Waals surface area (Å²) in [5.74, 6) is 0.652. The van der Waals surface area contributed by atoms with Gasteiger partial charge >= 0.3 is 0 Å². The summed E-state index contributed by atoms with van der Waals surface area (Å²) in [6, 6.07) is 8.23. The lowest BCUT2D eigenvalue weighted by Gasteiger charge is -2.05. The first-order valence-electron chi connectivity index (χ1n) is 5.61. The molecule has 0 fully saturated rings. The highest BCUT2D eigenvalue weighted by Crippen LogP contribution is 2.17. The smallest absolute Gasteiger partial charge is 0.0406 e. The Hall–Kier alpha value is -1.70. The van der Waals surface area contributed by atoms with Crippen molar-refractivity contribution in [2.45, 2.75) is 20.3 Å². The molecule has 0 aliphatic carbocycles. The van der Waals surface area contributed by atoms with Gasteiger partial charge in [0.05, 0.1) is 0 Å². The van der Waals surface area contributed by atoms with Crippen molar-refractivity contribution >= 4 is 0 Å². The topological polar surface area (TPSA) is 25.8 Å². The molecule has 0 saturated heterocycles. The van der Waals surface area contributed by atoms with E-state index < -0.39 is 0 Å². The molecule has 0 radical (unpaired) electrons. The van der Waals surface area contributed by atoms with Crippen molar-refractivity contribution in [2.24, 2.45) is 5.92 Å². The molecule has 0 aliphatic rings. The van der Waals surface area contributed by atoms with Gasteiger partial charge in [0.15, 0.2) is 0 Å². The molecule has 2 heterocycles. The van der Waals surface area contributed by atoms with Gasteiger partial charge in [-0.1, -0.05) is 19.9 Å². The van der Waals surface area contributed by atoms with E-state index in [-0.39, 0.29) is 0 Å².